The summed E-state index contributed by atoms with van der Waals surface area (Å²) in [4.78, 5) is 35.3. The van der Waals surface area contributed by atoms with Gasteiger partial charge in [-0.2, -0.15) is 0 Å². The van der Waals surface area contributed by atoms with Gasteiger partial charge >= 0.3 is 0 Å². The van der Waals surface area contributed by atoms with Crippen molar-refractivity contribution in [2.75, 3.05) is 32.8 Å². The molecule has 0 N–H and O–H groups in total. The summed E-state index contributed by atoms with van der Waals surface area (Å²) < 4.78 is 9.62. The molecule has 1 aromatic carbocycles. The van der Waals surface area contributed by atoms with Crippen LogP contribution in [0.15, 0.2) is 35.7 Å². The molecule has 2 fully saturated rings. The van der Waals surface area contributed by atoms with Crippen LogP contribution in [0.4, 0.5) is 0 Å². The Balaban J connectivity index is 1.17. The molecular weight excluding hydrogens is 494 g/mol. The van der Waals surface area contributed by atoms with E-state index >= 15 is 0 Å². The number of piperidine rings is 1. The minimum absolute atomic E-state index is 0.0149. The number of rotatable bonds is 6. The highest BCUT2D eigenvalue weighted by molar-refractivity contribution is 7.18. The number of nitrogens with zero attached hydrogens (tertiary/aromatic N) is 5. The van der Waals surface area contributed by atoms with Gasteiger partial charge in [0.15, 0.2) is 0 Å². The van der Waals surface area contributed by atoms with Crippen molar-refractivity contribution in [2.24, 2.45) is 5.41 Å². The Bertz CT molecular complexity index is 1280. The molecule has 0 saturated carbocycles. The van der Waals surface area contributed by atoms with Crippen molar-refractivity contribution in [3.8, 4) is 15.6 Å². The molecule has 2 aliphatic rings. The van der Waals surface area contributed by atoms with Gasteiger partial charge in [0.2, 0.25) is 5.91 Å². The fraction of sp³-hybridized carbons (Fsp3) is 0.423. The van der Waals surface area contributed by atoms with Crippen molar-refractivity contribution in [3.05, 3.63) is 52.7 Å². The summed E-state index contributed by atoms with van der Waals surface area (Å²) in [6.07, 6.45) is 6.24. The van der Waals surface area contributed by atoms with Crippen LogP contribution in [0.1, 0.15) is 47.9 Å². The number of ether oxygens (including phenoxy) is 1. The highest BCUT2D eigenvalue weighted by Crippen LogP contribution is 2.41. The van der Waals surface area contributed by atoms with Crippen molar-refractivity contribution < 1.29 is 14.3 Å². The standard InChI is InChI=1S/C26H29N5O3S2/c1-3-34-21-7-5-4-6-19(21)8-9-22(32)30-13-10-26(11-14-30)12-15-31(17-26)25(33)20-16-35-24(27-20)23-18(2)28-29-36-23/h4-9,16H,3,10-15,17H2,1-2H3. The van der Waals surface area contributed by atoms with Crippen molar-refractivity contribution in [3.63, 3.8) is 0 Å². The van der Waals surface area contributed by atoms with Crippen LogP contribution < -0.4 is 4.74 Å². The van der Waals surface area contributed by atoms with E-state index in [2.05, 4.69) is 14.6 Å². The SMILES string of the molecule is CCOc1ccccc1C=CC(=O)N1CCC2(CC1)CCN(C(=O)c1csc(-c3snnc3C)n1)C2. The smallest absolute Gasteiger partial charge is 0.273 e. The van der Waals surface area contributed by atoms with Gasteiger partial charge in [0.25, 0.3) is 5.91 Å². The van der Waals surface area contributed by atoms with Crippen LogP contribution in [-0.4, -0.2) is 69.0 Å². The Hall–Kier alpha value is -3.11. The van der Waals surface area contributed by atoms with E-state index in [1.165, 1.54) is 22.9 Å². The number of carbonyl (C=O) groups is 2. The lowest BCUT2D eigenvalue weighted by Gasteiger charge is -2.38. The monoisotopic (exact) mass is 523 g/mol. The number of aromatic nitrogens is 3. The summed E-state index contributed by atoms with van der Waals surface area (Å²) in [7, 11) is 0. The lowest BCUT2D eigenvalue weighted by Crippen LogP contribution is -2.44. The molecule has 0 atom stereocenters. The minimum atomic E-state index is -0.0149. The lowest BCUT2D eigenvalue weighted by atomic mass is 9.78. The third-order valence-electron chi connectivity index (χ3n) is 7.05. The second-order valence-corrected chi connectivity index (χ2v) is 10.9. The molecule has 2 aromatic heterocycles. The number of carbonyl (C=O) groups excluding carboxylic acids is 2. The largest absolute Gasteiger partial charge is 0.493 e. The normalized spacial score (nSPS) is 17.3. The number of amides is 2. The van der Waals surface area contributed by atoms with Gasteiger partial charge in [-0.05, 0) is 62.2 Å². The maximum atomic E-state index is 13.2. The van der Waals surface area contributed by atoms with Gasteiger partial charge in [-0.1, -0.05) is 22.7 Å². The maximum absolute atomic E-state index is 13.2. The van der Waals surface area contributed by atoms with Gasteiger partial charge in [-0.25, -0.2) is 4.98 Å². The van der Waals surface area contributed by atoms with Crippen molar-refractivity contribution >= 4 is 40.8 Å². The molecule has 0 bridgehead atoms. The van der Waals surface area contributed by atoms with E-state index in [0.717, 1.165) is 59.2 Å². The molecule has 2 saturated heterocycles. The number of thiazole rings is 1. The van der Waals surface area contributed by atoms with E-state index in [0.29, 0.717) is 25.4 Å². The number of para-hydroxylation sites is 1. The quantitative estimate of drug-likeness (QED) is 0.441. The van der Waals surface area contributed by atoms with Crippen molar-refractivity contribution in [2.45, 2.75) is 33.1 Å². The van der Waals surface area contributed by atoms with Crippen molar-refractivity contribution in [1.29, 1.82) is 0 Å². The third-order valence-corrected chi connectivity index (χ3v) is 8.88. The molecule has 3 aromatic rings. The number of hydrogen-bond donors (Lipinski definition) is 0. The Morgan fingerprint density at radius 3 is 2.61 bits per heavy atom. The first kappa shape index (κ1) is 24.6. The van der Waals surface area contributed by atoms with Gasteiger partial charge in [0.1, 0.15) is 21.3 Å². The average molecular weight is 524 g/mol. The molecule has 5 rings (SSSR count). The molecular formula is C26H29N5O3S2. The first-order valence-corrected chi connectivity index (χ1v) is 13.9. The number of likely N-dealkylation sites (tertiary alicyclic amines) is 2. The molecule has 2 amide bonds. The van der Waals surface area contributed by atoms with E-state index in [4.69, 9.17) is 4.74 Å². The second kappa shape index (κ2) is 10.5. The van der Waals surface area contributed by atoms with Gasteiger partial charge < -0.3 is 14.5 Å². The average Bonchev–Trinajstić information content (AvgIpc) is 3.64. The van der Waals surface area contributed by atoms with E-state index in [-0.39, 0.29) is 17.2 Å². The summed E-state index contributed by atoms with van der Waals surface area (Å²) in [5, 5.41) is 6.67. The highest BCUT2D eigenvalue weighted by atomic mass is 32.1. The zero-order chi connectivity index (χ0) is 25.1. The fourth-order valence-corrected chi connectivity index (χ4v) is 6.54. The molecule has 10 heteroatoms. The van der Waals surface area contributed by atoms with E-state index in [1.807, 2.05) is 59.4 Å². The van der Waals surface area contributed by atoms with E-state index < -0.39 is 0 Å². The van der Waals surface area contributed by atoms with Crippen molar-refractivity contribution in [1.82, 2.24) is 24.4 Å². The second-order valence-electron chi connectivity index (χ2n) is 9.33. The number of benzene rings is 1. The summed E-state index contributed by atoms with van der Waals surface area (Å²) in [5.41, 5.74) is 2.31. The molecule has 1 spiro atoms. The van der Waals surface area contributed by atoms with Gasteiger partial charge in [0.05, 0.1) is 12.3 Å². The van der Waals surface area contributed by atoms with Crippen LogP contribution in [0.3, 0.4) is 0 Å². The topological polar surface area (TPSA) is 88.5 Å². The van der Waals surface area contributed by atoms with E-state index in [1.54, 1.807) is 6.08 Å². The molecule has 36 heavy (non-hydrogen) atoms. The summed E-state index contributed by atoms with van der Waals surface area (Å²) in [6.45, 7) is 7.29. The van der Waals surface area contributed by atoms with Crippen LogP contribution in [0, 0.1) is 12.3 Å². The Kier molecular flexibility index (Phi) is 7.15. The predicted molar refractivity (Wildman–Crippen MR) is 141 cm³/mol. The minimum Gasteiger partial charge on any atom is -0.493 e. The Morgan fingerprint density at radius 1 is 1.14 bits per heavy atom. The fourth-order valence-electron chi connectivity index (χ4n) is 4.96. The van der Waals surface area contributed by atoms with E-state index in [9.17, 15) is 9.59 Å². The van der Waals surface area contributed by atoms with Crippen LogP contribution >= 0.6 is 22.9 Å². The van der Waals surface area contributed by atoms with Crippen LogP contribution in [0.25, 0.3) is 16.0 Å². The predicted octanol–water partition coefficient (Wildman–Crippen LogP) is 4.54. The number of hydrogen-bond acceptors (Lipinski definition) is 8. The van der Waals surface area contributed by atoms with Gasteiger partial charge in [-0.15, -0.1) is 16.4 Å². The summed E-state index contributed by atoms with van der Waals surface area (Å²) in [6, 6.07) is 7.73. The number of aryl methyl sites for hydroxylation is 1. The Labute approximate surface area is 218 Å². The molecule has 2 aliphatic heterocycles. The molecule has 0 radical (unpaired) electrons. The molecule has 8 nitrogen and oxygen atoms in total. The summed E-state index contributed by atoms with van der Waals surface area (Å²) in [5.74, 6) is 0.785. The van der Waals surface area contributed by atoms with Gasteiger partial charge in [0, 0.05) is 43.2 Å². The van der Waals surface area contributed by atoms with Gasteiger partial charge in [-0.3, -0.25) is 9.59 Å². The highest BCUT2D eigenvalue weighted by Gasteiger charge is 2.43. The first-order valence-electron chi connectivity index (χ1n) is 12.2. The van der Waals surface area contributed by atoms with Crippen LogP contribution in [0.5, 0.6) is 5.75 Å². The third kappa shape index (κ3) is 5.05. The molecule has 188 valence electrons. The molecule has 4 heterocycles. The van der Waals surface area contributed by atoms with Crippen LogP contribution in [-0.2, 0) is 4.79 Å². The zero-order valence-corrected chi connectivity index (χ0v) is 22.1. The molecule has 0 aliphatic carbocycles. The zero-order valence-electron chi connectivity index (χ0n) is 20.5. The van der Waals surface area contributed by atoms with Crippen LogP contribution in [0.2, 0.25) is 0 Å². The lowest BCUT2D eigenvalue weighted by molar-refractivity contribution is -0.128. The first-order chi connectivity index (χ1) is 17.5. The maximum Gasteiger partial charge on any atom is 0.273 e. The molecule has 0 unspecified atom stereocenters. The summed E-state index contributed by atoms with van der Waals surface area (Å²) >= 11 is 2.76. The Morgan fingerprint density at radius 2 is 1.89 bits per heavy atom.